The van der Waals surface area contributed by atoms with Gasteiger partial charge in [0.05, 0.1) is 17.8 Å². The van der Waals surface area contributed by atoms with Crippen LogP contribution in [0.4, 0.5) is 5.82 Å². The Balaban J connectivity index is 1.78. The summed E-state index contributed by atoms with van der Waals surface area (Å²) in [6, 6.07) is 14.0. The molecule has 8 heteroatoms. The average Bonchev–Trinajstić information content (AvgIpc) is 3.15. The van der Waals surface area contributed by atoms with E-state index in [4.69, 9.17) is 9.84 Å². The van der Waals surface area contributed by atoms with Crippen molar-refractivity contribution >= 4 is 11.7 Å². The number of amides is 1. The van der Waals surface area contributed by atoms with Crippen molar-refractivity contribution in [3.63, 3.8) is 0 Å². The number of hydrogen-bond donors (Lipinski definition) is 1. The van der Waals surface area contributed by atoms with Gasteiger partial charge in [0, 0.05) is 17.5 Å². The highest BCUT2D eigenvalue weighted by molar-refractivity contribution is 6.02. The molecule has 0 unspecified atom stereocenters. The van der Waals surface area contributed by atoms with E-state index in [0.29, 0.717) is 11.6 Å². The van der Waals surface area contributed by atoms with E-state index in [1.807, 2.05) is 57.2 Å². The number of carbonyl (C=O) groups is 1. The lowest BCUT2D eigenvalue weighted by molar-refractivity contribution is 0.101. The average molecular weight is 438 g/mol. The van der Waals surface area contributed by atoms with Crippen LogP contribution in [0.5, 0.6) is 5.75 Å². The second-order valence-corrected chi connectivity index (χ2v) is 9.64. The predicted octanol–water partition coefficient (Wildman–Crippen LogP) is 3.82. The first-order chi connectivity index (χ1) is 14.9. The molecule has 1 aromatic carbocycles. The summed E-state index contributed by atoms with van der Waals surface area (Å²) in [5.41, 5.74) is 0.225. The second kappa shape index (κ2) is 8.98. The Morgan fingerprint density at radius 2 is 1.69 bits per heavy atom. The van der Waals surface area contributed by atoms with Crippen molar-refractivity contribution < 1.29 is 9.53 Å². The molecule has 0 atom stereocenters. The van der Waals surface area contributed by atoms with E-state index in [0.717, 1.165) is 5.69 Å². The van der Waals surface area contributed by atoms with E-state index in [2.05, 4.69) is 31.2 Å². The summed E-state index contributed by atoms with van der Waals surface area (Å²) in [4.78, 5) is 25.1. The van der Waals surface area contributed by atoms with Gasteiger partial charge in [-0.3, -0.25) is 9.59 Å². The van der Waals surface area contributed by atoms with Gasteiger partial charge in [-0.25, -0.2) is 9.36 Å². The molecule has 0 aliphatic carbocycles. The van der Waals surface area contributed by atoms with E-state index >= 15 is 0 Å². The van der Waals surface area contributed by atoms with Crippen LogP contribution in [0.3, 0.4) is 0 Å². The van der Waals surface area contributed by atoms with Crippen LogP contribution in [0.1, 0.15) is 57.7 Å². The fraction of sp³-hybridized carbons (Fsp3) is 0.417. The monoisotopic (exact) mass is 437 g/mol. The molecule has 0 saturated heterocycles. The summed E-state index contributed by atoms with van der Waals surface area (Å²) < 4.78 is 8.67. The lowest BCUT2D eigenvalue weighted by Gasteiger charge is -2.23. The number of anilines is 1. The van der Waals surface area contributed by atoms with Crippen LogP contribution in [0.2, 0.25) is 0 Å². The molecular weight excluding hydrogens is 406 g/mol. The van der Waals surface area contributed by atoms with Crippen LogP contribution in [-0.4, -0.2) is 32.1 Å². The van der Waals surface area contributed by atoms with Gasteiger partial charge in [0.25, 0.3) is 11.5 Å². The predicted molar refractivity (Wildman–Crippen MR) is 124 cm³/mol. The summed E-state index contributed by atoms with van der Waals surface area (Å²) in [6.45, 7) is 12.8. The van der Waals surface area contributed by atoms with Crippen molar-refractivity contribution in [1.29, 1.82) is 0 Å². The molecule has 0 saturated carbocycles. The zero-order chi connectivity index (χ0) is 23.5. The maximum atomic E-state index is 12.9. The summed E-state index contributed by atoms with van der Waals surface area (Å²) in [5, 5.41) is 11.8. The number of hydrogen-bond acceptors (Lipinski definition) is 5. The van der Waals surface area contributed by atoms with Crippen molar-refractivity contribution in [2.75, 3.05) is 11.9 Å². The highest BCUT2D eigenvalue weighted by Gasteiger charge is 2.26. The molecule has 3 rings (SSSR count). The molecule has 170 valence electrons. The van der Waals surface area contributed by atoms with Gasteiger partial charge in [0.2, 0.25) is 0 Å². The van der Waals surface area contributed by atoms with Gasteiger partial charge in [-0.2, -0.15) is 10.2 Å². The van der Waals surface area contributed by atoms with Crippen LogP contribution < -0.4 is 15.6 Å². The first kappa shape index (κ1) is 23.2. The van der Waals surface area contributed by atoms with E-state index in [1.165, 1.54) is 16.8 Å². The lowest BCUT2D eigenvalue weighted by Crippen LogP contribution is -2.30. The quantitative estimate of drug-likeness (QED) is 0.633. The lowest BCUT2D eigenvalue weighted by atomic mass is 9.92. The highest BCUT2D eigenvalue weighted by Crippen LogP contribution is 2.28. The summed E-state index contributed by atoms with van der Waals surface area (Å²) in [7, 11) is 0. The van der Waals surface area contributed by atoms with Crippen LogP contribution in [0.15, 0.2) is 53.3 Å². The molecule has 8 nitrogen and oxygen atoms in total. The molecule has 0 bridgehead atoms. The molecule has 2 heterocycles. The number of para-hydroxylation sites is 1. The van der Waals surface area contributed by atoms with Gasteiger partial charge < -0.3 is 10.1 Å². The van der Waals surface area contributed by atoms with Gasteiger partial charge in [-0.15, -0.1) is 0 Å². The van der Waals surface area contributed by atoms with Gasteiger partial charge in [-0.1, -0.05) is 39.0 Å². The van der Waals surface area contributed by atoms with Crippen LogP contribution in [-0.2, 0) is 17.5 Å². The fourth-order valence-corrected chi connectivity index (χ4v) is 3.03. The fourth-order valence-electron chi connectivity index (χ4n) is 3.03. The highest BCUT2D eigenvalue weighted by atomic mass is 16.5. The molecule has 0 fully saturated rings. The van der Waals surface area contributed by atoms with Crippen LogP contribution in [0, 0.1) is 0 Å². The maximum Gasteiger partial charge on any atom is 0.277 e. The third kappa shape index (κ3) is 5.63. The Morgan fingerprint density at radius 3 is 2.31 bits per heavy atom. The molecule has 0 aliphatic heterocycles. The Bertz CT molecular complexity index is 1130. The molecular formula is C24H31N5O3. The minimum absolute atomic E-state index is 0.142. The molecule has 3 aromatic rings. The van der Waals surface area contributed by atoms with E-state index in [9.17, 15) is 9.59 Å². The Kier molecular flexibility index (Phi) is 6.52. The Hall–Kier alpha value is -3.42. The maximum absolute atomic E-state index is 12.9. The smallest absolute Gasteiger partial charge is 0.277 e. The van der Waals surface area contributed by atoms with Crippen molar-refractivity contribution in [2.24, 2.45) is 0 Å². The zero-order valence-electron chi connectivity index (χ0n) is 19.5. The van der Waals surface area contributed by atoms with Crippen molar-refractivity contribution in [2.45, 2.75) is 59.0 Å². The van der Waals surface area contributed by atoms with Crippen LogP contribution >= 0.6 is 0 Å². The number of nitrogens with zero attached hydrogens (tertiary/aromatic N) is 4. The number of carbonyl (C=O) groups excluding carboxylic acids is 1. The molecule has 1 N–H and O–H groups in total. The molecule has 2 aromatic heterocycles. The van der Waals surface area contributed by atoms with Gasteiger partial charge >= 0.3 is 0 Å². The zero-order valence-corrected chi connectivity index (χ0v) is 19.5. The largest absolute Gasteiger partial charge is 0.492 e. The topological polar surface area (TPSA) is 91.0 Å². The van der Waals surface area contributed by atoms with Gasteiger partial charge in [0.1, 0.15) is 23.9 Å². The van der Waals surface area contributed by atoms with Gasteiger partial charge in [0.15, 0.2) is 0 Å². The Labute approximate surface area is 188 Å². The summed E-state index contributed by atoms with van der Waals surface area (Å²) in [5.74, 6) is 0.882. The summed E-state index contributed by atoms with van der Waals surface area (Å²) >= 11 is 0. The third-order valence-electron chi connectivity index (χ3n) is 4.77. The van der Waals surface area contributed by atoms with Crippen molar-refractivity contribution in [1.82, 2.24) is 19.6 Å². The molecule has 0 radical (unpaired) electrons. The van der Waals surface area contributed by atoms with Gasteiger partial charge in [-0.05, 0) is 39.0 Å². The van der Waals surface area contributed by atoms with Crippen molar-refractivity contribution in [3.05, 3.63) is 70.3 Å². The first-order valence-corrected chi connectivity index (χ1v) is 10.6. The second-order valence-electron chi connectivity index (χ2n) is 9.64. The van der Waals surface area contributed by atoms with E-state index < -0.39 is 5.91 Å². The SMILES string of the molecule is CC(C)(C)c1cc(NC(=O)c2ccc(=O)n(CCOc3ccccc3)n2)n(C(C)(C)C)n1. The number of rotatable bonds is 6. The minimum Gasteiger partial charge on any atom is -0.492 e. The third-order valence-corrected chi connectivity index (χ3v) is 4.77. The van der Waals surface area contributed by atoms with E-state index in [-0.39, 0.29) is 35.4 Å². The first-order valence-electron chi connectivity index (χ1n) is 10.6. The molecule has 0 aliphatic rings. The summed E-state index contributed by atoms with van der Waals surface area (Å²) in [6.07, 6.45) is 0. The normalized spacial score (nSPS) is 11.9. The standard InChI is InChI=1S/C24H31N5O3/c1-23(2,3)19-16-20(29(27-19)24(4,5)6)25-22(31)18-12-13-21(30)28(26-18)14-15-32-17-10-8-7-9-11-17/h7-13,16H,14-15H2,1-6H3,(H,25,31). The molecule has 0 spiro atoms. The number of nitrogens with one attached hydrogen (secondary N) is 1. The number of ether oxygens (including phenoxy) is 1. The Morgan fingerprint density at radius 1 is 1.00 bits per heavy atom. The van der Waals surface area contributed by atoms with E-state index in [1.54, 1.807) is 4.68 Å². The minimum atomic E-state index is -0.409. The van der Waals surface area contributed by atoms with Crippen molar-refractivity contribution in [3.8, 4) is 5.75 Å². The number of aromatic nitrogens is 4. The number of benzene rings is 1. The molecule has 1 amide bonds. The van der Waals surface area contributed by atoms with Crippen LogP contribution in [0.25, 0.3) is 0 Å². The molecule has 32 heavy (non-hydrogen) atoms.